The maximum atomic E-state index is 9.76. The maximum Gasteiger partial charge on any atom is 0.0753 e. The van der Waals surface area contributed by atoms with Gasteiger partial charge in [-0.1, -0.05) is 55.0 Å². The van der Waals surface area contributed by atoms with Crippen LogP contribution >= 0.6 is 0 Å². The molecular formula is C15H18O. The molecule has 0 amide bonds. The first kappa shape index (κ1) is 11.2. The normalized spacial score (nSPS) is 24.1. The number of benzene rings is 1. The van der Waals surface area contributed by atoms with E-state index >= 15 is 0 Å². The minimum Gasteiger partial charge on any atom is -0.389 e. The molecule has 1 nitrogen and oxygen atoms in total. The second kappa shape index (κ2) is 5.66. The lowest BCUT2D eigenvalue weighted by Crippen LogP contribution is -2.14. The molecule has 84 valence electrons. The van der Waals surface area contributed by atoms with E-state index in [2.05, 4.69) is 24.3 Å². The fraction of sp³-hybridized carbons (Fsp3) is 0.333. The van der Waals surface area contributed by atoms with Crippen LogP contribution in [0, 0.1) is 0 Å². The molecule has 0 bridgehead atoms. The van der Waals surface area contributed by atoms with E-state index in [1.807, 2.05) is 24.3 Å². The smallest absolute Gasteiger partial charge is 0.0753 e. The van der Waals surface area contributed by atoms with Gasteiger partial charge < -0.3 is 5.11 Å². The van der Waals surface area contributed by atoms with Crippen molar-refractivity contribution in [1.29, 1.82) is 0 Å². The Morgan fingerprint density at radius 1 is 1.12 bits per heavy atom. The molecule has 0 saturated heterocycles. The topological polar surface area (TPSA) is 20.2 Å². The standard InChI is InChI=1S/C15H18O/c16-15-12-5-4-10-14(15)11-6-9-13-7-2-1-3-8-13/h1-3,6-9,11,15-16H,4-5,10,12H2/b9-6+,14-11-. The number of hydrogen-bond donors (Lipinski definition) is 1. The molecule has 1 fully saturated rings. The Labute approximate surface area is 97.1 Å². The molecule has 1 N–H and O–H groups in total. The van der Waals surface area contributed by atoms with E-state index < -0.39 is 0 Å². The van der Waals surface area contributed by atoms with Gasteiger partial charge in [0.1, 0.15) is 0 Å². The van der Waals surface area contributed by atoms with Crippen LogP contribution in [0.3, 0.4) is 0 Å². The van der Waals surface area contributed by atoms with Crippen LogP contribution in [0.25, 0.3) is 6.08 Å². The van der Waals surface area contributed by atoms with Crippen LogP contribution < -0.4 is 0 Å². The second-order valence-electron chi connectivity index (χ2n) is 4.27. The summed E-state index contributed by atoms with van der Waals surface area (Å²) >= 11 is 0. The van der Waals surface area contributed by atoms with Crippen molar-refractivity contribution in [2.75, 3.05) is 0 Å². The molecule has 2 rings (SSSR count). The Kier molecular flexibility index (Phi) is 3.95. The minimum atomic E-state index is -0.214. The fourth-order valence-electron chi connectivity index (χ4n) is 2.06. The van der Waals surface area contributed by atoms with Gasteiger partial charge >= 0.3 is 0 Å². The SMILES string of the molecule is OC1CCCC/C1=C/C=C/c1ccccc1. The van der Waals surface area contributed by atoms with Crippen LogP contribution in [0.5, 0.6) is 0 Å². The molecule has 1 atom stereocenters. The second-order valence-corrected chi connectivity index (χ2v) is 4.27. The van der Waals surface area contributed by atoms with Gasteiger partial charge in [-0.05, 0) is 30.4 Å². The summed E-state index contributed by atoms with van der Waals surface area (Å²) in [5.41, 5.74) is 2.38. The highest BCUT2D eigenvalue weighted by atomic mass is 16.3. The Morgan fingerprint density at radius 3 is 2.69 bits per heavy atom. The van der Waals surface area contributed by atoms with E-state index in [1.54, 1.807) is 0 Å². The van der Waals surface area contributed by atoms with E-state index in [-0.39, 0.29) is 6.10 Å². The first-order chi connectivity index (χ1) is 7.86. The molecule has 0 heterocycles. The van der Waals surface area contributed by atoms with E-state index in [1.165, 1.54) is 17.6 Å². The van der Waals surface area contributed by atoms with Gasteiger partial charge in [0.2, 0.25) is 0 Å². The molecule has 1 aromatic carbocycles. The largest absolute Gasteiger partial charge is 0.389 e. The van der Waals surface area contributed by atoms with Crippen molar-refractivity contribution >= 4 is 6.08 Å². The van der Waals surface area contributed by atoms with Crippen LogP contribution in [-0.2, 0) is 0 Å². The number of rotatable bonds is 2. The van der Waals surface area contributed by atoms with Crippen molar-refractivity contribution < 1.29 is 5.11 Å². The summed E-state index contributed by atoms with van der Waals surface area (Å²) < 4.78 is 0. The molecule has 1 aromatic rings. The van der Waals surface area contributed by atoms with Gasteiger partial charge in [0.25, 0.3) is 0 Å². The van der Waals surface area contributed by atoms with Gasteiger partial charge in [-0.25, -0.2) is 0 Å². The molecule has 16 heavy (non-hydrogen) atoms. The van der Waals surface area contributed by atoms with Gasteiger partial charge in [0.15, 0.2) is 0 Å². The van der Waals surface area contributed by atoms with E-state index in [0.717, 1.165) is 19.3 Å². The van der Waals surface area contributed by atoms with Gasteiger partial charge in [-0.3, -0.25) is 0 Å². The zero-order chi connectivity index (χ0) is 11.2. The Bertz CT molecular complexity index is 376. The fourth-order valence-corrected chi connectivity index (χ4v) is 2.06. The van der Waals surface area contributed by atoms with Crippen molar-refractivity contribution in [1.82, 2.24) is 0 Å². The highest BCUT2D eigenvalue weighted by Gasteiger charge is 2.14. The predicted octanol–water partition coefficient (Wildman–Crippen LogP) is 3.56. The number of allylic oxidation sites excluding steroid dienone is 2. The Morgan fingerprint density at radius 2 is 1.94 bits per heavy atom. The van der Waals surface area contributed by atoms with Crippen LogP contribution in [-0.4, -0.2) is 11.2 Å². The third-order valence-corrected chi connectivity index (χ3v) is 3.02. The van der Waals surface area contributed by atoms with Crippen molar-refractivity contribution in [3.63, 3.8) is 0 Å². The summed E-state index contributed by atoms with van der Waals surface area (Å²) in [5.74, 6) is 0. The highest BCUT2D eigenvalue weighted by Crippen LogP contribution is 2.23. The van der Waals surface area contributed by atoms with Crippen molar-refractivity contribution in [3.8, 4) is 0 Å². The number of hydrogen-bond acceptors (Lipinski definition) is 1. The quantitative estimate of drug-likeness (QED) is 0.798. The molecule has 0 radical (unpaired) electrons. The molecule has 1 aliphatic rings. The Balaban J connectivity index is 2.00. The average Bonchev–Trinajstić information content (AvgIpc) is 2.33. The lowest BCUT2D eigenvalue weighted by Gasteiger charge is -2.19. The van der Waals surface area contributed by atoms with Crippen molar-refractivity contribution in [2.45, 2.75) is 31.8 Å². The summed E-state index contributed by atoms with van der Waals surface area (Å²) in [5, 5.41) is 9.76. The zero-order valence-electron chi connectivity index (χ0n) is 9.47. The van der Waals surface area contributed by atoms with Gasteiger partial charge in [-0.2, -0.15) is 0 Å². The van der Waals surface area contributed by atoms with Crippen molar-refractivity contribution in [3.05, 3.63) is 53.6 Å². The molecule has 0 aromatic heterocycles. The summed E-state index contributed by atoms with van der Waals surface area (Å²) in [4.78, 5) is 0. The maximum absolute atomic E-state index is 9.76. The molecular weight excluding hydrogens is 196 g/mol. The first-order valence-corrected chi connectivity index (χ1v) is 5.96. The molecule has 1 aliphatic carbocycles. The van der Waals surface area contributed by atoms with Crippen LogP contribution in [0.4, 0.5) is 0 Å². The van der Waals surface area contributed by atoms with Crippen LogP contribution in [0.2, 0.25) is 0 Å². The van der Waals surface area contributed by atoms with Crippen molar-refractivity contribution in [2.24, 2.45) is 0 Å². The third-order valence-electron chi connectivity index (χ3n) is 3.02. The van der Waals surface area contributed by atoms with Gasteiger partial charge in [-0.15, -0.1) is 0 Å². The van der Waals surface area contributed by atoms with Gasteiger partial charge in [0.05, 0.1) is 6.10 Å². The first-order valence-electron chi connectivity index (χ1n) is 5.96. The summed E-state index contributed by atoms with van der Waals surface area (Å²) in [6.07, 6.45) is 10.3. The van der Waals surface area contributed by atoms with Gasteiger partial charge in [0, 0.05) is 0 Å². The third kappa shape index (κ3) is 3.07. The highest BCUT2D eigenvalue weighted by molar-refractivity contribution is 5.51. The Hall–Kier alpha value is -1.34. The van der Waals surface area contributed by atoms with E-state index in [0.29, 0.717) is 0 Å². The zero-order valence-corrected chi connectivity index (χ0v) is 9.47. The number of aliphatic hydroxyl groups is 1. The lowest BCUT2D eigenvalue weighted by atomic mass is 9.92. The molecule has 0 aliphatic heterocycles. The van der Waals surface area contributed by atoms with Crippen LogP contribution in [0.15, 0.2) is 48.1 Å². The molecule has 0 spiro atoms. The molecule has 1 unspecified atom stereocenters. The lowest BCUT2D eigenvalue weighted by molar-refractivity contribution is 0.178. The molecule has 1 saturated carbocycles. The summed E-state index contributed by atoms with van der Waals surface area (Å²) in [6.45, 7) is 0. The average molecular weight is 214 g/mol. The van der Waals surface area contributed by atoms with E-state index in [9.17, 15) is 5.11 Å². The van der Waals surface area contributed by atoms with Crippen LogP contribution in [0.1, 0.15) is 31.2 Å². The monoisotopic (exact) mass is 214 g/mol. The minimum absolute atomic E-state index is 0.214. The van der Waals surface area contributed by atoms with E-state index in [4.69, 9.17) is 0 Å². The number of aliphatic hydroxyl groups excluding tert-OH is 1. The summed E-state index contributed by atoms with van der Waals surface area (Å²) in [7, 11) is 0. The predicted molar refractivity (Wildman–Crippen MR) is 68.0 cm³/mol. The molecule has 1 heteroatoms. The summed E-state index contributed by atoms with van der Waals surface area (Å²) in [6, 6.07) is 10.2.